The van der Waals surface area contributed by atoms with Crippen molar-refractivity contribution in [3.63, 3.8) is 0 Å². The van der Waals surface area contributed by atoms with Crippen LogP contribution in [0, 0.1) is 0 Å². The Morgan fingerprint density at radius 1 is 1.00 bits per heavy atom. The molecule has 4 rings (SSSR count). The minimum atomic E-state index is 0.541. The molecule has 0 aliphatic carbocycles. The molecule has 0 N–H and O–H groups in total. The van der Waals surface area contributed by atoms with Gasteiger partial charge in [-0.3, -0.25) is 9.55 Å². The summed E-state index contributed by atoms with van der Waals surface area (Å²) in [4.78, 5) is 4.22. The van der Waals surface area contributed by atoms with Crippen LogP contribution in [-0.4, -0.2) is 26.4 Å². The van der Waals surface area contributed by atoms with Crippen molar-refractivity contribution < 1.29 is 4.74 Å². The van der Waals surface area contributed by atoms with Crippen LogP contribution in [0.4, 0.5) is 0 Å². The van der Waals surface area contributed by atoms with Gasteiger partial charge in [0.15, 0.2) is 11.0 Å². The maximum atomic E-state index is 6.15. The maximum Gasteiger partial charge on any atom is 0.196 e. The first kappa shape index (κ1) is 20.7. The maximum absolute atomic E-state index is 6.15. The molecule has 0 saturated heterocycles. The summed E-state index contributed by atoms with van der Waals surface area (Å²) in [6.45, 7) is 2.59. The Hall–Kier alpha value is -2.54. The van der Waals surface area contributed by atoms with Crippen molar-refractivity contribution in [3.8, 4) is 22.8 Å². The number of hydrogen-bond donors (Lipinski definition) is 0. The molecule has 2 aromatic heterocycles. The largest absolute Gasteiger partial charge is 0.494 e. The lowest BCUT2D eigenvalue weighted by molar-refractivity contribution is 0.340. The van der Waals surface area contributed by atoms with Crippen molar-refractivity contribution in [3.05, 3.63) is 82.6 Å². The summed E-state index contributed by atoms with van der Waals surface area (Å²) in [5.41, 5.74) is 2.89. The number of thioether (sulfide) groups is 1. The van der Waals surface area contributed by atoms with E-state index in [4.69, 9.17) is 27.9 Å². The van der Waals surface area contributed by atoms with Crippen molar-refractivity contribution in [2.24, 2.45) is 0 Å². The zero-order valence-electron chi connectivity index (χ0n) is 16.1. The van der Waals surface area contributed by atoms with E-state index in [2.05, 4.69) is 15.2 Å². The van der Waals surface area contributed by atoms with E-state index in [1.54, 1.807) is 30.2 Å². The highest BCUT2D eigenvalue weighted by atomic mass is 35.5. The Morgan fingerprint density at radius 3 is 2.53 bits per heavy atom. The number of halogens is 2. The Balaban J connectivity index is 1.69. The molecule has 0 atom stereocenters. The summed E-state index contributed by atoms with van der Waals surface area (Å²) < 4.78 is 7.59. The molecule has 2 heterocycles. The third-order valence-corrected chi connectivity index (χ3v) is 6.05. The average Bonchev–Trinajstić information content (AvgIpc) is 3.20. The molecule has 8 heteroatoms. The molecule has 0 aliphatic heterocycles. The summed E-state index contributed by atoms with van der Waals surface area (Å²) in [6, 6.07) is 17.4. The van der Waals surface area contributed by atoms with Gasteiger partial charge in [0.1, 0.15) is 5.75 Å². The fraction of sp³-hybridized carbons (Fsp3) is 0.136. The third-order valence-electron chi connectivity index (χ3n) is 4.31. The molecule has 0 fully saturated rings. The standard InChI is InChI=1S/C22H18Cl2N4OS/c1-2-29-18-8-6-17(7-9-18)28-21(16-4-3-11-25-13-16)26-27-22(28)30-14-15-5-10-19(23)20(24)12-15/h3-13H,2,14H2,1H3. The molecule has 0 saturated carbocycles. The van der Waals surface area contributed by atoms with E-state index >= 15 is 0 Å². The zero-order chi connectivity index (χ0) is 20.9. The van der Waals surface area contributed by atoms with Crippen LogP contribution < -0.4 is 4.74 Å². The van der Waals surface area contributed by atoms with Crippen molar-refractivity contribution in [2.45, 2.75) is 17.8 Å². The fourth-order valence-electron chi connectivity index (χ4n) is 2.91. The molecular formula is C22H18Cl2N4OS. The molecule has 0 bridgehead atoms. The van der Waals surface area contributed by atoms with Crippen LogP contribution in [0.25, 0.3) is 17.1 Å². The molecule has 5 nitrogen and oxygen atoms in total. The SMILES string of the molecule is CCOc1ccc(-n2c(SCc3ccc(Cl)c(Cl)c3)nnc2-c2cccnc2)cc1. The summed E-state index contributed by atoms with van der Waals surface area (Å²) >= 11 is 13.8. The van der Waals surface area contributed by atoms with E-state index in [0.717, 1.165) is 33.5 Å². The summed E-state index contributed by atoms with van der Waals surface area (Å²) in [5.74, 6) is 2.23. The van der Waals surface area contributed by atoms with Crippen LogP contribution >= 0.6 is 35.0 Å². The van der Waals surface area contributed by atoms with E-state index in [1.807, 2.05) is 60.0 Å². The van der Waals surface area contributed by atoms with Crippen LogP contribution in [0.3, 0.4) is 0 Å². The van der Waals surface area contributed by atoms with E-state index < -0.39 is 0 Å². The van der Waals surface area contributed by atoms with Crippen molar-refractivity contribution >= 4 is 35.0 Å². The second kappa shape index (κ2) is 9.51. The van der Waals surface area contributed by atoms with Crippen molar-refractivity contribution in [1.29, 1.82) is 0 Å². The average molecular weight is 457 g/mol. The highest BCUT2D eigenvalue weighted by Crippen LogP contribution is 2.31. The van der Waals surface area contributed by atoms with Crippen LogP contribution in [0.15, 0.2) is 72.1 Å². The summed E-state index contributed by atoms with van der Waals surface area (Å²) in [6.07, 6.45) is 3.52. The van der Waals surface area contributed by atoms with E-state index in [1.165, 1.54) is 0 Å². The predicted octanol–water partition coefficient (Wildman–Crippen LogP) is 6.33. The summed E-state index contributed by atoms with van der Waals surface area (Å²) in [7, 11) is 0. The van der Waals surface area contributed by atoms with Crippen LogP contribution in [-0.2, 0) is 5.75 Å². The van der Waals surface area contributed by atoms with E-state index in [9.17, 15) is 0 Å². The molecule has 30 heavy (non-hydrogen) atoms. The van der Waals surface area contributed by atoms with Gasteiger partial charge in [0.25, 0.3) is 0 Å². The van der Waals surface area contributed by atoms with Crippen molar-refractivity contribution in [1.82, 2.24) is 19.7 Å². The second-order valence-electron chi connectivity index (χ2n) is 6.35. The molecular weight excluding hydrogens is 439 g/mol. The van der Waals surface area contributed by atoms with E-state index in [0.29, 0.717) is 22.4 Å². The molecule has 0 amide bonds. The van der Waals surface area contributed by atoms with Gasteiger partial charge < -0.3 is 4.74 Å². The number of benzene rings is 2. The fourth-order valence-corrected chi connectivity index (χ4v) is 4.13. The third kappa shape index (κ3) is 4.61. The Morgan fingerprint density at radius 2 is 1.83 bits per heavy atom. The zero-order valence-corrected chi connectivity index (χ0v) is 18.5. The van der Waals surface area contributed by atoms with Gasteiger partial charge in [-0.2, -0.15) is 0 Å². The van der Waals surface area contributed by atoms with Crippen LogP contribution in [0.1, 0.15) is 12.5 Å². The lowest BCUT2D eigenvalue weighted by atomic mass is 10.2. The van der Waals surface area contributed by atoms with Gasteiger partial charge in [0, 0.05) is 29.4 Å². The molecule has 4 aromatic rings. The lowest BCUT2D eigenvalue weighted by Gasteiger charge is -2.11. The molecule has 152 valence electrons. The smallest absolute Gasteiger partial charge is 0.196 e. The minimum Gasteiger partial charge on any atom is -0.494 e. The minimum absolute atomic E-state index is 0.541. The van der Waals surface area contributed by atoms with E-state index in [-0.39, 0.29) is 0 Å². The van der Waals surface area contributed by atoms with Gasteiger partial charge in [0.05, 0.1) is 16.7 Å². The summed E-state index contributed by atoms with van der Waals surface area (Å²) in [5, 5.41) is 10.7. The van der Waals surface area contributed by atoms with Gasteiger partial charge in [-0.05, 0) is 61.0 Å². The van der Waals surface area contributed by atoms with Gasteiger partial charge in [-0.1, -0.05) is 41.0 Å². The number of rotatable bonds is 7. The highest BCUT2D eigenvalue weighted by Gasteiger charge is 2.17. The second-order valence-corrected chi connectivity index (χ2v) is 8.10. The molecule has 0 radical (unpaired) electrons. The Labute approximate surface area is 189 Å². The molecule has 2 aromatic carbocycles. The number of aromatic nitrogens is 4. The number of hydrogen-bond acceptors (Lipinski definition) is 5. The Bertz CT molecular complexity index is 1130. The van der Waals surface area contributed by atoms with Crippen LogP contribution in [0.2, 0.25) is 10.0 Å². The van der Waals surface area contributed by atoms with Crippen LogP contribution in [0.5, 0.6) is 5.75 Å². The topological polar surface area (TPSA) is 52.8 Å². The Kier molecular flexibility index (Phi) is 6.57. The monoisotopic (exact) mass is 456 g/mol. The van der Waals surface area contributed by atoms with Gasteiger partial charge in [-0.15, -0.1) is 10.2 Å². The quantitative estimate of drug-likeness (QED) is 0.304. The predicted molar refractivity (Wildman–Crippen MR) is 122 cm³/mol. The van der Waals surface area contributed by atoms with Crippen molar-refractivity contribution in [2.75, 3.05) is 6.61 Å². The number of pyridine rings is 1. The normalized spacial score (nSPS) is 10.9. The molecule has 0 aliphatic rings. The van der Waals surface area contributed by atoms with Gasteiger partial charge in [-0.25, -0.2) is 0 Å². The highest BCUT2D eigenvalue weighted by molar-refractivity contribution is 7.98. The number of ether oxygens (including phenoxy) is 1. The first-order chi connectivity index (χ1) is 14.7. The first-order valence-corrected chi connectivity index (χ1v) is 11.1. The van der Waals surface area contributed by atoms with Gasteiger partial charge >= 0.3 is 0 Å². The van der Waals surface area contributed by atoms with Gasteiger partial charge in [0.2, 0.25) is 0 Å². The molecule has 0 unspecified atom stereocenters. The number of nitrogens with zero attached hydrogens (tertiary/aromatic N) is 4. The lowest BCUT2D eigenvalue weighted by Crippen LogP contribution is -2.00. The molecule has 0 spiro atoms. The first-order valence-electron chi connectivity index (χ1n) is 9.31.